The second kappa shape index (κ2) is 6.78. The maximum absolute atomic E-state index is 11.4. The summed E-state index contributed by atoms with van der Waals surface area (Å²) in [6.07, 6.45) is 0.852. The van der Waals surface area contributed by atoms with Crippen LogP contribution in [0.4, 0.5) is 5.69 Å². The van der Waals surface area contributed by atoms with Gasteiger partial charge in [-0.25, -0.2) is 0 Å². The molecule has 4 nitrogen and oxygen atoms in total. The van der Waals surface area contributed by atoms with Gasteiger partial charge in [0.25, 0.3) is 0 Å². The fourth-order valence-electron chi connectivity index (χ4n) is 1.27. The Morgan fingerprint density at radius 3 is 2.65 bits per heavy atom. The molecule has 3 N–H and O–H groups in total. The smallest absolute Gasteiger partial charge is 0.222 e. The van der Waals surface area contributed by atoms with E-state index in [1.54, 1.807) is 12.1 Å². The Morgan fingerprint density at radius 1 is 1.41 bits per heavy atom. The molecule has 4 heteroatoms. The quantitative estimate of drug-likeness (QED) is 0.585. The first-order valence-corrected chi connectivity index (χ1v) is 5.89. The number of nitrogen functional groups attached to an aromatic ring is 1. The van der Waals surface area contributed by atoms with Crippen molar-refractivity contribution in [3.8, 4) is 5.75 Å². The number of ether oxygens (including phenoxy) is 1. The maximum atomic E-state index is 11.4. The molecule has 0 bridgehead atoms. The molecule has 1 unspecified atom stereocenters. The van der Waals surface area contributed by atoms with Gasteiger partial charge in [-0.3, -0.25) is 4.79 Å². The predicted octanol–water partition coefficient (Wildman–Crippen LogP) is 1.81. The normalized spacial score (nSPS) is 11.9. The van der Waals surface area contributed by atoms with Crippen LogP contribution in [0.25, 0.3) is 0 Å². The zero-order valence-electron chi connectivity index (χ0n) is 10.4. The molecule has 1 amide bonds. The van der Waals surface area contributed by atoms with E-state index in [1.807, 2.05) is 26.0 Å². The van der Waals surface area contributed by atoms with E-state index in [-0.39, 0.29) is 11.8 Å². The van der Waals surface area contributed by atoms with Crippen molar-refractivity contribution in [2.24, 2.45) is 5.92 Å². The number of nitrogens with one attached hydrogen (secondary N) is 1. The summed E-state index contributed by atoms with van der Waals surface area (Å²) in [4.78, 5) is 11.4. The summed E-state index contributed by atoms with van der Waals surface area (Å²) in [7, 11) is 0. The van der Waals surface area contributed by atoms with Gasteiger partial charge >= 0.3 is 0 Å². The van der Waals surface area contributed by atoms with Crippen molar-refractivity contribution in [2.75, 3.05) is 18.9 Å². The molecule has 94 valence electrons. The fraction of sp³-hybridized carbons (Fsp3) is 0.462. The Kier molecular flexibility index (Phi) is 5.33. The molecule has 1 atom stereocenters. The molecule has 17 heavy (non-hydrogen) atoms. The summed E-state index contributed by atoms with van der Waals surface area (Å²) in [6, 6.07) is 7.19. The number of amides is 1. The van der Waals surface area contributed by atoms with E-state index >= 15 is 0 Å². The Morgan fingerprint density at radius 2 is 2.06 bits per heavy atom. The first-order chi connectivity index (χ1) is 8.13. The minimum Gasteiger partial charge on any atom is -0.492 e. The number of rotatable bonds is 6. The number of anilines is 1. The van der Waals surface area contributed by atoms with Gasteiger partial charge in [0.2, 0.25) is 5.91 Å². The first kappa shape index (κ1) is 13.4. The highest BCUT2D eigenvalue weighted by Crippen LogP contribution is 2.12. The van der Waals surface area contributed by atoms with Crippen LogP contribution in [0.2, 0.25) is 0 Å². The lowest BCUT2D eigenvalue weighted by Crippen LogP contribution is -2.32. The second-order valence-electron chi connectivity index (χ2n) is 4.02. The highest BCUT2D eigenvalue weighted by molar-refractivity contribution is 5.78. The van der Waals surface area contributed by atoms with Gasteiger partial charge in [0.05, 0.1) is 6.54 Å². The van der Waals surface area contributed by atoms with Gasteiger partial charge < -0.3 is 15.8 Å². The van der Waals surface area contributed by atoms with Gasteiger partial charge in [0.15, 0.2) is 0 Å². The molecule has 0 heterocycles. The Bertz CT molecular complexity index is 349. The lowest BCUT2D eigenvalue weighted by Gasteiger charge is -2.10. The molecule has 0 aliphatic carbocycles. The fourth-order valence-corrected chi connectivity index (χ4v) is 1.27. The van der Waals surface area contributed by atoms with Gasteiger partial charge in [0.1, 0.15) is 12.4 Å². The van der Waals surface area contributed by atoms with E-state index < -0.39 is 0 Å². The second-order valence-corrected chi connectivity index (χ2v) is 4.02. The van der Waals surface area contributed by atoms with Crippen LogP contribution in [0.1, 0.15) is 20.3 Å². The summed E-state index contributed by atoms with van der Waals surface area (Å²) in [6.45, 7) is 4.89. The number of hydrogen-bond donors (Lipinski definition) is 2. The zero-order chi connectivity index (χ0) is 12.7. The van der Waals surface area contributed by atoms with Crippen molar-refractivity contribution < 1.29 is 9.53 Å². The van der Waals surface area contributed by atoms with Gasteiger partial charge in [-0.2, -0.15) is 0 Å². The van der Waals surface area contributed by atoms with Crippen LogP contribution in [0.15, 0.2) is 24.3 Å². The highest BCUT2D eigenvalue weighted by Gasteiger charge is 2.08. The first-order valence-electron chi connectivity index (χ1n) is 5.89. The van der Waals surface area contributed by atoms with Gasteiger partial charge in [-0.05, 0) is 30.7 Å². The monoisotopic (exact) mass is 236 g/mol. The molecule has 1 aromatic rings. The van der Waals surface area contributed by atoms with Crippen LogP contribution in [-0.2, 0) is 4.79 Å². The SMILES string of the molecule is CCC(C)C(=O)NCCOc1ccc(N)cc1. The molecule has 0 radical (unpaired) electrons. The molecular formula is C13H20N2O2. The molecule has 0 saturated heterocycles. The highest BCUT2D eigenvalue weighted by atomic mass is 16.5. The van der Waals surface area contributed by atoms with E-state index in [1.165, 1.54) is 0 Å². The largest absolute Gasteiger partial charge is 0.492 e. The van der Waals surface area contributed by atoms with E-state index in [4.69, 9.17) is 10.5 Å². The number of carbonyl (C=O) groups is 1. The Hall–Kier alpha value is -1.71. The molecule has 0 aliphatic heterocycles. The lowest BCUT2D eigenvalue weighted by atomic mass is 10.1. The topological polar surface area (TPSA) is 64.3 Å². The van der Waals surface area contributed by atoms with Gasteiger partial charge in [-0.1, -0.05) is 13.8 Å². The molecule has 0 aromatic heterocycles. The summed E-state index contributed by atoms with van der Waals surface area (Å²) in [5.74, 6) is 0.900. The van der Waals surface area contributed by atoms with Crippen LogP contribution in [0, 0.1) is 5.92 Å². The minimum absolute atomic E-state index is 0.0616. The average Bonchev–Trinajstić information content (AvgIpc) is 2.35. The third kappa shape index (κ3) is 4.76. The molecule has 0 fully saturated rings. The average molecular weight is 236 g/mol. The van der Waals surface area contributed by atoms with Crippen molar-refractivity contribution in [1.82, 2.24) is 5.32 Å². The predicted molar refractivity (Wildman–Crippen MR) is 68.8 cm³/mol. The van der Waals surface area contributed by atoms with E-state index in [9.17, 15) is 4.79 Å². The molecule has 1 aromatic carbocycles. The van der Waals surface area contributed by atoms with Gasteiger partial charge in [-0.15, -0.1) is 0 Å². The van der Waals surface area contributed by atoms with Crippen LogP contribution < -0.4 is 15.8 Å². The molecule has 0 saturated carbocycles. The molecule has 1 rings (SSSR count). The zero-order valence-corrected chi connectivity index (χ0v) is 10.4. The number of benzene rings is 1. The van der Waals surface area contributed by atoms with Crippen molar-refractivity contribution in [1.29, 1.82) is 0 Å². The Labute approximate surface area is 102 Å². The maximum Gasteiger partial charge on any atom is 0.222 e. The summed E-state index contributed by atoms with van der Waals surface area (Å²) >= 11 is 0. The lowest BCUT2D eigenvalue weighted by molar-refractivity contribution is -0.124. The van der Waals surface area contributed by atoms with Crippen molar-refractivity contribution in [3.05, 3.63) is 24.3 Å². The van der Waals surface area contributed by atoms with Crippen LogP contribution in [0.3, 0.4) is 0 Å². The van der Waals surface area contributed by atoms with Crippen molar-refractivity contribution in [3.63, 3.8) is 0 Å². The van der Waals surface area contributed by atoms with Crippen molar-refractivity contribution >= 4 is 11.6 Å². The van der Waals surface area contributed by atoms with E-state index in [0.29, 0.717) is 18.8 Å². The van der Waals surface area contributed by atoms with Gasteiger partial charge in [0, 0.05) is 11.6 Å². The van der Waals surface area contributed by atoms with E-state index in [0.717, 1.165) is 12.2 Å². The third-order valence-electron chi connectivity index (χ3n) is 2.61. The number of nitrogens with two attached hydrogens (primary N) is 1. The summed E-state index contributed by atoms with van der Waals surface area (Å²) in [5, 5.41) is 2.83. The van der Waals surface area contributed by atoms with Crippen LogP contribution >= 0.6 is 0 Å². The minimum atomic E-state index is 0.0616. The standard InChI is InChI=1S/C13H20N2O2/c1-3-10(2)13(16)15-8-9-17-12-6-4-11(14)5-7-12/h4-7,10H,3,8-9,14H2,1-2H3,(H,15,16). The third-order valence-corrected chi connectivity index (χ3v) is 2.61. The summed E-state index contributed by atoms with van der Waals surface area (Å²) in [5.41, 5.74) is 6.27. The van der Waals surface area contributed by atoms with E-state index in [2.05, 4.69) is 5.32 Å². The van der Waals surface area contributed by atoms with Crippen LogP contribution in [0.5, 0.6) is 5.75 Å². The summed E-state index contributed by atoms with van der Waals surface area (Å²) < 4.78 is 5.45. The van der Waals surface area contributed by atoms with Crippen LogP contribution in [-0.4, -0.2) is 19.1 Å². The Balaban J connectivity index is 2.20. The number of carbonyl (C=O) groups excluding carboxylic acids is 1. The van der Waals surface area contributed by atoms with Crippen molar-refractivity contribution in [2.45, 2.75) is 20.3 Å². The molecule has 0 spiro atoms. The molecular weight excluding hydrogens is 216 g/mol. The molecule has 0 aliphatic rings. The number of hydrogen-bond acceptors (Lipinski definition) is 3.